The molecule has 3 aliphatic heterocycles. The molecule has 3 saturated heterocycles. The van der Waals surface area contributed by atoms with Gasteiger partial charge in [0.05, 0.1) is 0 Å². The van der Waals surface area contributed by atoms with E-state index >= 15 is 0 Å². The molecule has 1 aromatic rings. The normalized spacial score (nSPS) is 23.1. The third-order valence-corrected chi connectivity index (χ3v) is 7.53. The van der Waals surface area contributed by atoms with E-state index in [1.165, 1.54) is 12.8 Å². The van der Waals surface area contributed by atoms with Crippen LogP contribution in [0.15, 0.2) is 6.07 Å². The molecule has 3 aliphatic rings. The molecular weight excluding hydrogens is 352 g/mol. The van der Waals surface area contributed by atoms with Crippen LogP contribution in [0.3, 0.4) is 0 Å². The predicted octanol–water partition coefficient (Wildman–Crippen LogP) is 0.848. The fourth-order valence-electron chi connectivity index (χ4n) is 3.99. The van der Waals surface area contributed by atoms with Gasteiger partial charge in [0.1, 0.15) is 5.82 Å². The topological polar surface area (TPSA) is 72.9 Å². The summed E-state index contributed by atoms with van der Waals surface area (Å²) in [4.78, 5) is 13.8. The van der Waals surface area contributed by atoms with Crippen molar-refractivity contribution in [2.45, 2.75) is 32.6 Å². The van der Waals surface area contributed by atoms with Crippen LogP contribution in [0.4, 0.5) is 11.8 Å². The van der Waals surface area contributed by atoms with Gasteiger partial charge in [-0.1, -0.05) is 0 Å². The van der Waals surface area contributed by atoms with Crippen LogP contribution in [-0.2, 0) is 10.2 Å². The molecular formula is C17H28N6O2S. The molecule has 1 aromatic heterocycles. The number of rotatable bonds is 4. The van der Waals surface area contributed by atoms with Crippen LogP contribution < -0.4 is 9.80 Å². The van der Waals surface area contributed by atoms with Crippen LogP contribution in [0.25, 0.3) is 0 Å². The van der Waals surface area contributed by atoms with Gasteiger partial charge < -0.3 is 9.80 Å². The van der Waals surface area contributed by atoms with Gasteiger partial charge in [-0.25, -0.2) is 4.98 Å². The Morgan fingerprint density at radius 2 is 1.35 bits per heavy atom. The lowest BCUT2D eigenvalue weighted by Gasteiger charge is -2.36. The minimum absolute atomic E-state index is 0.515. The second-order valence-electron chi connectivity index (χ2n) is 7.36. The zero-order valence-electron chi connectivity index (χ0n) is 15.5. The molecule has 0 N–H and O–H groups in total. The highest BCUT2D eigenvalue weighted by molar-refractivity contribution is 7.86. The Morgan fingerprint density at radius 3 is 2.00 bits per heavy atom. The molecule has 4 heterocycles. The second-order valence-corrected chi connectivity index (χ2v) is 9.29. The second kappa shape index (κ2) is 7.28. The minimum atomic E-state index is -3.30. The number of hydrogen-bond acceptors (Lipinski definition) is 6. The minimum Gasteiger partial charge on any atom is -0.354 e. The van der Waals surface area contributed by atoms with Gasteiger partial charge in [0.25, 0.3) is 10.2 Å². The van der Waals surface area contributed by atoms with Gasteiger partial charge in [-0.3, -0.25) is 0 Å². The van der Waals surface area contributed by atoms with E-state index in [4.69, 9.17) is 4.98 Å². The fraction of sp³-hybridized carbons (Fsp3) is 0.765. The van der Waals surface area contributed by atoms with Crippen LogP contribution >= 0.6 is 0 Å². The molecule has 0 saturated carbocycles. The first-order valence-corrected chi connectivity index (χ1v) is 11.0. The molecule has 0 spiro atoms. The van der Waals surface area contributed by atoms with Gasteiger partial charge in [-0.05, 0) is 32.6 Å². The predicted molar refractivity (Wildman–Crippen MR) is 102 cm³/mol. The highest BCUT2D eigenvalue weighted by Crippen LogP contribution is 2.23. The van der Waals surface area contributed by atoms with Crippen LogP contribution in [0.5, 0.6) is 0 Å². The summed E-state index contributed by atoms with van der Waals surface area (Å²) in [5.74, 6) is 1.72. The van der Waals surface area contributed by atoms with Crippen LogP contribution in [-0.4, -0.2) is 79.4 Å². The number of aryl methyl sites for hydroxylation is 1. The average Bonchev–Trinajstić information content (AvgIpc) is 3.35. The van der Waals surface area contributed by atoms with Gasteiger partial charge in [0.15, 0.2) is 0 Å². The Bertz CT molecular complexity index is 736. The van der Waals surface area contributed by atoms with Gasteiger partial charge in [-0.2, -0.15) is 22.0 Å². The van der Waals surface area contributed by atoms with E-state index in [-0.39, 0.29) is 0 Å². The van der Waals surface area contributed by atoms with Crippen LogP contribution in [0.1, 0.15) is 31.4 Å². The largest absolute Gasteiger partial charge is 0.354 e. The Morgan fingerprint density at radius 1 is 0.769 bits per heavy atom. The highest BCUT2D eigenvalue weighted by Gasteiger charge is 2.34. The summed E-state index contributed by atoms with van der Waals surface area (Å²) in [6.07, 6.45) is 4.33. The first-order chi connectivity index (χ1) is 12.5. The molecule has 144 valence electrons. The van der Waals surface area contributed by atoms with E-state index in [0.717, 1.165) is 43.4 Å². The van der Waals surface area contributed by atoms with E-state index in [2.05, 4.69) is 14.8 Å². The molecule has 3 fully saturated rings. The van der Waals surface area contributed by atoms with Gasteiger partial charge in [0, 0.05) is 64.1 Å². The summed E-state index contributed by atoms with van der Waals surface area (Å²) in [5.41, 5.74) is 0.962. The van der Waals surface area contributed by atoms with Crippen molar-refractivity contribution in [1.82, 2.24) is 18.6 Å². The molecule has 0 aliphatic carbocycles. The fourth-order valence-corrected chi connectivity index (χ4v) is 5.66. The standard InChI is InChI=1S/C17H28N6O2S/c1-15-14-16(19-17(18-15)21-6-2-3-7-21)20-10-12-23(13-11-20)26(24,25)22-8-4-5-9-22/h14H,2-13H2,1H3. The van der Waals surface area contributed by atoms with Gasteiger partial charge in [0.2, 0.25) is 5.95 Å². The van der Waals surface area contributed by atoms with Gasteiger partial charge >= 0.3 is 0 Å². The monoisotopic (exact) mass is 380 g/mol. The smallest absolute Gasteiger partial charge is 0.282 e. The Labute approximate surface area is 156 Å². The van der Waals surface area contributed by atoms with Crippen molar-refractivity contribution >= 4 is 22.0 Å². The molecule has 0 amide bonds. The van der Waals surface area contributed by atoms with Crippen molar-refractivity contribution in [2.75, 3.05) is 62.2 Å². The molecule has 0 unspecified atom stereocenters. The highest BCUT2D eigenvalue weighted by atomic mass is 32.2. The Hall–Kier alpha value is -1.45. The number of aromatic nitrogens is 2. The number of nitrogens with zero attached hydrogens (tertiary/aromatic N) is 6. The molecule has 0 aromatic carbocycles. The zero-order valence-corrected chi connectivity index (χ0v) is 16.3. The third kappa shape index (κ3) is 3.52. The molecule has 26 heavy (non-hydrogen) atoms. The first-order valence-electron chi connectivity index (χ1n) is 9.65. The van der Waals surface area contributed by atoms with Crippen molar-refractivity contribution in [1.29, 1.82) is 0 Å². The molecule has 0 bridgehead atoms. The average molecular weight is 381 g/mol. The zero-order chi connectivity index (χ0) is 18.1. The summed E-state index contributed by atoms with van der Waals surface area (Å²) in [6.45, 7) is 7.72. The van der Waals surface area contributed by atoms with E-state index in [9.17, 15) is 8.42 Å². The summed E-state index contributed by atoms with van der Waals surface area (Å²) in [5, 5.41) is 0. The van der Waals surface area contributed by atoms with Crippen molar-refractivity contribution in [3.8, 4) is 0 Å². The molecule has 9 heteroatoms. The number of piperazine rings is 1. The lowest BCUT2D eigenvalue weighted by molar-refractivity contribution is 0.343. The lowest BCUT2D eigenvalue weighted by Crippen LogP contribution is -2.52. The van der Waals surface area contributed by atoms with Crippen molar-refractivity contribution in [3.05, 3.63) is 11.8 Å². The van der Waals surface area contributed by atoms with Crippen molar-refractivity contribution in [3.63, 3.8) is 0 Å². The lowest BCUT2D eigenvalue weighted by atomic mass is 10.3. The molecule has 8 nitrogen and oxygen atoms in total. The molecule has 0 radical (unpaired) electrons. The first kappa shape index (κ1) is 17.9. The summed E-state index contributed by atoms with van der Waals surface area (Å²) < 4.78 is 28.7. The van der Waals surface area contributed by atoms with Gasteiger partial charge in [-0.15, -0.1) is 0 Å². The number of hydrogen-bond donors (Lipinski definition) is 0. The maximum atomic E-state index is 12.7. The number of anilines is 2. The maximum Gasteiger partial charge on any atom is 0.282 e. The van der Waals surface area contributed by atoms with Crippen molar-refractivity contribution in [2.24, 2.45) is 0 Å². The SMILES string of the molecule is Cc1cc(N2CCN(S(=O)(=O)N3CCCC3)CC2)nc(N2CCCC2)n1. The van der Waals surface area contributed by atoms with Crippen molar-refractivity contribution < 1.29 is 8.42 Å². The molecule has 4 rings (SSSR count). The van der Waals surface area contributed by atoms with Crippen LogP contribution in [0.2, 0.25) is 0 Å². The van der Waals surface area contributed by atoms with E-state index in [1.807, 2.05) is 13.0 Å². The quantitative estimate of drug-likeness (QED) is 0.771. The summed E-state index contributed by atoms with van der Waals surface area (Å²) >= 11 is 0. The maximum absolute atomic E-state index is 12.7. The summed E-state index contributed by atoms with van der Waals surface area (Å²) in [7, 11) is -3.30. The van der Waals surface area contributed by atoms with Crippen LogP contribution in [0, 0.1) is 6.92 Å². The van der Waals surface area contributed by atoms with E-state index < -0.39 is 10.2 Å². The third-order valence-electron chi connectivity index (χ3n) is 5.50. The summed E-state index contributed by atoms with van der Waals surface area (Å²) in [6, 6.07) is 2.00. The Kier molecular flexibility index (Phi) is 5.02. The van der Waals surface area contributed by atoms with E-state index in [0.29, 0.717) is 39.3 Å². The molecule has 0 atom stereocenters. The van der Waals surface area contributed by atoms with E-state index in [1.54, 1.807) is 8.61 Å². The Balaban J connectivity index is 1.44.